The molecule has 7 heteroatoms. The lowest BCUT2D eigenvalue weighted by molar-refractivity contribution is 0.0699. The minimum atomic E-state index is -1.01. The maximum absolute atomic E-state index is 11.0. The molecular weight excluding hydrogens is 402 g/mol. The number of halogens is 1. The minimum absolute atomic E-state index is 0.160. The Morgan fingerprint density at radius 2 is 1.81 bits per heavy atom. The normalized spacial score (nSPS) is 10.3. The van der Waals surface area contributed by atoms with E-state index in [4.69, 9.17) is 22.4 Å². The van der Waals surface area contributed by atoms with E-state index in [0.29, 0.717) is 15.6 Å². The van der Waals surface area contributed by atoms with Gasteiger partial charge in [0, 0.05) is 20.7 Å². The van der Waals surface area contributed by atoms with Gasteiger partial charge in [0.25, 0.3) is 0 Å². The zero-order valence-corrected chi connectivity index (χ0v) is 16.3. The number of rotatable bonds is 3. The maximum atomic E-state index is 11.0. The molecule has 0 fully saturated rings. The van der Waals surface area contributed by atoms with Gasteiger partial charge in [-0.15, -0.1) is 22.7 Å². The van der Waals surface area contributed by atoms with Gasteiger partial charge < -0.3 is 10.8 Å². The third-order valence-corrected chi connectivity index (χ3v) is 5.95. The number of carbonyl (C=O) groups is 2. The maximum Gasteiger partial charge on any atom is 0.339 e. The summed E-state index contributed by atoms with van der Waals surface area (Å²) in [5.41, 5.74) is 7.62. The molecule has 0 amide bonds. The fourth-order valence-corrected chi connectivity index (χ4v) is 4.32. The molecule has 0 atom stereocenters. The van der Waals surface area contributed by atoms with E-state index in [1.54, 1.807) is 41.0 Å². The fraction of sp³-hybridized carbons (Fsp3) is 0. The molecule has 4 nitrogen and oxygen atoms in total. The second-order valence-electron chi connectivity index (χ2n) is 5.54. The summed E-state index contributed by atoms with van der Waals surface area (Å²) in [4.78, 5) is 22.1. The molecule has 3 N–H and O–H groups in total. The number of nitrogens with two attached hydrogens (primary N) is 1. The molecule has 0 bridgehead atoms. The highest BCUT2D eigenvalue weighted by Gasteiger charge is 2.17. The fourth-order valence-electron chi connectivity index (χ4n) is 2.46. The molecule has 0 aliphatic carbocycles. The number of aldehydes is 1. The Hall–Kier alpha value is -2.67. The molecule has 136 valence electrons. The predicted molar refractivity (Wildman–Crippen MR) is 113 cm³/mol. The van der Waals surface area contributed by atoms with Crippen molar-refractivity contribution >= 4 is 62.3 Å². The summed E-state index contributed by atoms with van der Waals surface area (Å²) in [5, 5.41) is 14.5. The highest BCUT2D eigenvalue weighted by Crippen LogP contribution is 2.34. The predicted octanol–water partition coefficient (Wildman–Crippen LogP) is 6.06. The van der Waals surface area contributed by atoms with Gasteiger partial charge in [0.2, 0.25) is 0 Å². The monoisotopic (exact) mass is 415 g/mol. The summed E-state index contributed by atoms with van der Waals surface area (Å²) in [6.07, 6.45) is 0.872. The summed E-state index contributed by atoms with van der Waals surface area (Å²) in [7, 11) is 0. The van der Waals surface area contributed by atoms with Gasteiger partial charge in [-0.05, 0) is 46.7 Å². The average molecular weight is 416 g/mol. The largest absolute Gasteiger partial charge is 0.478 e. The van der Waals surface area contributed by atoms with Gasteiger partial charge in [0.05, 0.1) is 10.6 Å². The van der Waals surface area contributed by atoms with Crippen molar-refractivity contribution in [2.24, 2.45) is 0 Å². The van der Waals surface area contributed by atoms with Crippen LogP contribution in [0.15, 0.2) is 59.3 Å². The smallest absolute Gasteiger partial charge is 0.339 e. The molecule has 0 saturated heterocycles. The van der Waals surface area contributed by atoms with Gasteiger partial charge in [-0.2, -0.15) is 0 Å². The van der Waals surface area contributed by atoms with Crippen LogP contribution in [0.3, 0.4) is 0 Å². The van der Waals surface area contributed by atoms with Gasteiger partial charge in [-0.1, -0.05) is 29.8 Å². The average Bonchev–Trinajstić information content (AvgIpc) is 3.28. The highest BCUT2D eigenvalue weighted by molar-refractivity contribution is 7.17. The third kappa shape index (κ3) is 4.36. The first-order chi connectivity index (χ1) is 13.0. The molecule has 0 radical (unpaired) electrons. The van der Waals surface area contributed by atoms with E-state index in [-0.39, 0.29) is 5.56 Å². The SMILES string of the molecule is Nc1csc(-c2ccc(Cl)cc2)c1C(=O)O.O=Cc1ccc2sccc2c1. The highest BCUT2D eigenvalue weighted by atomic mass is 35.5. The number of benzene rings is 2. The molecule has 0 saturated carbocycles. The molecule has 0 aliphatic rings. The van der Waals surface area contributed by atoms with Crippen LogP contribution in [0.5, 0.6) is 0 Å². The number of anilines is 1. The summed E-state index contributed by atoms with van der Waals surface area (Å²) in [5.74, 6) is -1.01. The number of carboxylic acids is 1. The van der Waals surface area contributed by atoms with Crippen molar-refractivity contribution in [2.45, 2.75) is 0 Å². The number of hydrogen-bond acceptors (Lipinski definition) is 5. The Balaban J connectivity index is 0.000000166. The van der Waals surface area contributed by atoms with Gasteiger partial charge in [-0.25, -0.2) is 4.79 Å². The van der Waals surface area contributed by atoms with E-state index < -0.39 is 5.97 Å². The Morgan fingerprint density at radius 1 is 1.07 bits per heavy atom. The second kappa shape index (κ2) is 8.35. The number of aromatic carboxylic acids is 1. The zero-order valence-electron chi connectivity index (χ0n) is 13.9. The van der Waals surface area contributed by atoms with Crippen LogP contribution in [0.25, 0.3) is 20.5 Å². The third-order valence-electron chi connectivity index (χ3n) is 3.75. The van der Waals surface area contributed by atoms with Crippen LogP contribution in [0.2, 0.25) is 5.02 Å². The van der Waals surface area contributed by atoms with Crippen molar-refractivity contribution in [2.75, 3.05) is 5.73 Å². The molecule has 2 heterocycles. The molecule has 0 spiro atoms. The first kappa shape index (κ1) is 19.1. The first-order valence-corrected chi connectivity index (χ1v) is 9.92. The van der Waals surface area contributed by atoms with Crippen LogP contribution in [0.1, 0.15) is 20.7 Å². The summed E-state index contributed by atoms with van der Waals surface area (Å²) in [6.45, 7) is 0. The van der Waals surface area contributed by atoms with Gasteiger partial charge in [0.15, 0.2) is 0 Å². The van der Waals surface area contributed by atoms with Crippen molar-refractivity contribution < 1.29 is 14.7 Å². The number of hydrogen-bond donors (Lipinski definition) is 2. The Bertz CT molecular complexity index is 1100. The van der Waals surface area contributed by atoms with E-state index in [9.17, 15) is 9.59 Å². The van der Waals surface area contributed by atoms with Crippen LogP contribution in [0, 0.1) is 0 Å². The minimum Gasteiger partial charge on any atom is -0.478 e. The van der Waals surface area contributed by atoms with E-state index in [2.05, 4.69) is 0 Å². The molecule has 2 aromatic carbocycles. The lowest BCUT2D eigenvalue weighted by Crippen LogP contribution is -2.00. The van der Waals surface area contributed by atoms with Crippen LogP contribution < -0.4 is 5.73 Å². The second-order valence-corrected chi connectivity index (χ2v) is 7.81. The van der Waals surface area contributed by atoms with E-state index in [0.717, 1.165) is 22.8 Å². The Kier molecular flexibility index (Phi) is 5.91. The van der Waals surface area contributed by atoms with Crippen LogP contribution in [-0.2, 0) is 0 Å². The topological polar surface area (TPSA) is 80.4 Å². The van der Waals surface area contributed by atoms with E-state index in [1.165, 1.54) is 16.0 Å². The summed E-state index contributed by atoms with van der Waals surface area (Å²) in [6, 6.07) is 14.7. The van der Waals surface area contributed by atoms with Crippen molar-refractivity contribution in [3.05, 3.63) is 75.4 Å². The zero-order chi connectivity index (χ0) is 19.4. The van der Waals surface area contributed by atoms with E-state index in [1.807, 2.05) is 29.6 Å². The van der Waals surface area contributed by atoms with Crippen molar-refractivity contribution in [3.8, 4) is 10.4 Å². The molecule has 4 rings (SSSR count). The summed E-state index contributed by atoms with van der Waals surface area (Å²) >= 11 is 8.77. The molecule has 27 heavy (non-hydrogen) atoms. The quantitative estimate of drug-likeness (QED) is 0.398. The first-order valence-electron chi connectivity index (χ1n) is 7.78. The molecule has 2 aromatic heterocycles. The number of thiophene rings is 2. The van der Waals surface area contributed by atoms with Crippen LogP contribution in [0.4, 0.5) is 5.69 Å². The standard InChI is InChI=1S/C11H8ClNO2S.C9H6OS/c12-7-3-1-6(2-4-7)10-9(11(14)15)8(13)5-16-10;10-6-7-1-2-9-8(5-7)3-4-11-9/h1-5H,13H2,(H,14,15);1-6H. The molecule has 4 aromatic rings. The molecule has 0 unspecified atom stereocenters. The number of carboxylic acid groups (broad SMARTS) is 1. The van der Waals surface area contributed by atoms with Crippen molar-refractivity contribution in [1.82, 2.24) is 0 Å². The van der Waals surface area contributed by atoms with Crippen LogP contribution >= 0.6 is 34.3 Å². The van der Waals surface area contributed by atoms with Gasteiger partial charge >= 0.3 is 5.97 Å². The summed E-state index contributed by atoms with van der Waals surface area (Å²) < 4.78 is 1.23. The number of fused-ring (bicyclic) bond motifs is 1. The molecular formula is C20H14ClNO3S2. The van der Waals surface area contributed by atoms with Crippen molar-refractivity contribution in [3.63, 3.8) is 0 Å². The van der Waals surface area contributed by atoms with Crippen molar-refractivity contribution in [1.29, 1.82) is 0 Å². The lowest BCUT2D eigenvalue weighted by Gasteiger charge is -2.01. The van der Waals surface area contributed by atoms with Crippen LogP contribution in [-0.4, -0.2) is 17.4 Å². The Morgan fingerprint density at radius 3 is 2.48 bits per heavy atom. The lowest BCUT2D eigenvalue weighted by atomic mass is 10.1. The van der Waals surface area contributed by atoms with Gasteiger partial charge in [-0.3, -0.25) is 4.79 Å². The number of nitrogen functional groups attached to an aromatic ring is 1. The molecule has 0 aliphatic heterocycles. The van der Waals surface area contributed by atoms with Gasteiger partial charge in [0.1, 0.15) is 11.8 Å². The Labute approximate surface area is 168 Å². The van der Waals surface area contributed by atoms with E-state index >= 15 is 0 Å². The number of carbonyl (C=O) groups excluding carboxylic acids is 1.